The number of H-pyrrole nitrogens is 1. The first kappa shape index (κ1) is 15.5. The Bertz CT molecular complexity index is 562. The zero-order valence-corrected chi connectivity index (χ0v) is 13.0. The topological polar surface area (TPSA) is 95.1 Å². The zero-order chi connectivity index (χ0) is 15.0. The lowest BCUT2D eigenvalue weighted by Crippen LogP contribution is -2.45. The second kappa shape index (κ2) is 5.46. The van der Waals surface area contributed by atoms with Crippen molar-refractivity contribution in [2.75, 3.05) is 6.54 Å². The highest BCUT2D eigenvalue weighted by molar-refractivity contribution is 7.89. The molecule has 0 radical (unpaired) electrons. The smallest absolute Gasteiger partial charge is 0.244 e. The van der Waals surface area contributed by atoms with Crippen LogP contribution >= 0.6 is 0 Å². The first-order valence-corrected chi connectivity index (χ1v) is 8.45. The fourth-order valence-corrected chi connectivity index (χ4v) is 4.52. The lowest BCUT2D eigenvalue weighted by atomic mass is 9.79. The molecule has 1 saturated carbocycles. The van der Waals surface area contributed by atoms with E-state index in [1.165, 1.54) is 0 Å². The molecule has 20 heavy (non-hydrogen) atoms. The van der Waals surface area contributed by atoms with Crippen LogP contribution in [0.1, 0.15) is 44.0 Å². The van der Waals surface area contributed by atoms with Crippen LogP contribution in [-0.4, -0.2) is 35.9 Å². The summed E-state index contributed by atoms with van der Waals surface area (Å²) in [5, 5.41) is 17.1. The van der Waals surface area contributed by atoms with Crippen LogP contribution in [0.3, 0.4) is 0 Å². The van der Waals surface area contributed by atoms with Crippen LogP contribution in [0, 0.1) is 19.8 Å². The molecule has 1 aliphatic carbocycles. The molecule has 1 aliphatic rings. The molecule has 1 heterocycles. The van der Waals surface area contributed by atoms with Crippen molar-refractivity contribution >= 4 is 10.0 Å². The molecule has 1 fully saturated rings. The van der Waals surface area contributed by atoms with Crippen LogP contribution in [0.5, 0.6) is 0 Å². The highest BCUT2D eigenvalue weighted by Crippen LogP contribution is 2.32. The second-order valence-corrected chi connectivity index (χ2v) is 7.72. The fraction of sp³-hybridized carbons (Fsp3) is 0.769. The van der Waals surface area contributed by atoms with Gasteiger partial charge in [0.05, 0.1) is 17.0 Å². The van der Waals surface area contributed by atoms with Gasteiger partial charge in [-0.2, -0.15) is 5.10 Å². The highest BCUT2D eigenvalue weighted by Gasteiger charge is 2.34. The summed E-state index contributed by atoms with van der Waals surface area (Å²) < 4.78 is 27.2. The Balaban J connectivity index is 2.10. The number of nitrogens with zero attached hydrogens (tertiary/aromatic N) is 1. The minimum atomic E-state index is -3.64. The molecular weight excluding hydrogens is 278 g/mol. The van der Waals surface area contributed by atoms with Crippen LogP contribution in [0.2, 0.25) is 0 Å². The van der Waals surface area contributed by atoms with E-state index in [0.717, 1.165) is 12.8 Å². The third-order valence-corrected chi connectivity index (χ3v) is 5.65. The van der Waals surface area contributed by atoms with E-state index in [-0.39, 0.29) is 11.4 Å². The van der Waals surface area contributed by atoms with Crippen molar-refractivity contribution < 1.29 is 13.5 Å². The zero-order valence-electron chi connectivity index (χ0n) is 12.2. The fourth-order valence-electron chi connectivity index (χ4n) is 3.03. The standard InChI is InChI=1S/C13H23N3O3S/c1-9-5-4-6-13(17,7-9)8-14-20(18,19)12-10(2)15-16-11(12)3/h9,14,17H,4-8H2,1-3H3,(H,15,16). The number of rotatable bonds is 4. The van der Waals surface area contributed by atoms with Crippen molar-refractivity contribution in [1.82, 2.24) is 14.9 Å². The Hall–Kier alpha value is -0.920. The maximum absolute atomic E-state index is 12.3. The molecule has 6 nitrogen and oxygen atoms in total. The predicted molar refractivity (Wildman–Crippen MR) is 75.8 cm³/mol. The summed E-state index contributed by atoms with van der Waals surface area (Å²) in [4.78, 5) is 0.185. The number of hydrogen-bond donors (Lipinski definition) is 3. The summed E-state index contributed by atoms with van der Waals surface area (Å²) in [6, 6.07) is 0. The van der Waals surface area contributed by atoms with Crippen LogP contribution in [-0.2, 0) is 10.0 Å². The lowest BCUT2D eigenvalue weighted by Gasteiger charge is -2.35. The van der Waals surface area contributed by atoms with Crippen molar-refractivity contribution in [2.45, 2.75) is 57.0 Å². The van der Waals surface area contributed by atoms with Crippen LogP contribution in [0.25, 0.3) is 0 Å². The molecule has 0 aliphatic heterocycles. The summed E-state index contributed by atoms with van der Waals surface area (Å²) in [6.07, 6.45) is 3.31. The van der Waals surface area contributed by atoms with E-state index in [9.17, 15) is 13.5 Å². The second-order valence-electron chi connectivity index (χ2n) is 6.01. The molecular formula is C13H23N3O3S. The number of aromatic amines is 1. The van der Waals surface area contributed by atoms with Gasteiger partial charge in [0.15, 0.2) is 0 Å². The molecule has 0 aromatic carbocycles. The van der Waals surface area contributed by atoms with Gasteiger partial charge in [-0.05, 0) is 32.6 Å². The van der Waals surface area contributed by atoms with Crippen LogP contribution in [0.15, 0.2) is 4.90 Å². The molecule has 0 bridgehead atoms. The minimum absolute atomic E-state index is 0.0593. The molecule has 1 aromatic rings. The van der Waals surface area contributed by atoms with E-state index < -0.39 is 15.6 Å². The number of aliphatic hydroxyl groups is 1. The number of hydrogen-bond acceptors (Lipinski definition) is 4. The third kappa shape index (κ3) is 3.21. The van der Waals surface area contributed by atoms with Gasteiger partial charge in [-0.15, -0.1) is 0 Å². The Kier molecular flexibility index (Phi) is 4.22. The van der Waals surface area contributed by atoms with E-state index in [1.807, 2.05) is 0 Å². The van der Waals surface area contributed by atoms with Gasteiger partial charge in [0.25, 0.3) is 0 Å². The summed E-state index contributed by atoms with van der Waals surface area (Å²) >= 11 is 0. The van der Waals surface area contributed by atoms with Crippen molar-refractivity contribution in [3.05, 3.63) is 11.4 Å². The van der Waals surface area contributed by atoms with E-state index in [0.29, 0.717) is 30.1 Å². The number of sulfonamides is 1. The third-order valence-electron chi connectivity index (χ3n) is 3.99. The average molecular weight is 301 g/mol. The highest BCUT2D eigenvalue weighted by atomic mass is 32.2. The maximum Gasteiger partial charge on any atom is 0.244 e. The van der Waals surface area contributed by atoms with Crippen LogP contribution in [0.4, 0.5) is 0 Å². The van der Waals surface area contributed by atoms with Gasteiger partial charge in [0, 0.05) is 6.54 Å². The summed E-state index contributed by atoms with van der Waals surface area (Å²) in [7, 11) is -3.64. The van der Waals surface area contributed by atoms with Crippen molar-refractivity contribution in [3.8, 4) is 0 Å². The Morgan fingerprint density at radius 3 is 2.75 bits per heavy atom. The number of nitrogens with one attached hydrogen (secondary N) is 2. The molecule has 1 aromatic heterocycles. The summed E-state index contributed by atoms with van der Waals surface area (Å²) in [5.74, 6) is 0.427. The number of aryl methyl sites for hydroxylation is 2. The monoisotopic (exact) mass is 301 g/mol. The van der Waals surface area contributed by atoms with Gasteiger partial charge in [-0.1, -0.05) is 19.8 Å². The van der Waals surface area contributed by atoms with Crippen molar-refractivity contribution in [3.63, 3.8) is 0 Å². The Morgan fingerprint density at radius 1 is 1.50 bits per heavy atom. The largest absolute Gasteiger partial charge is 0.389 e. The summed E-state index contributed by atoms with van der Waals surface area (Å²) in [5.41, 5.74) is 0.0222. The molecule has 3 N–H and O–H groups in total. The number of aromatic nitrogens is 2. The van der Waals surface area contributed by atoms with Gasteiger partial charge < -0.3 is 5.11 Å². The molecule has 114 valence electrons. The van der Waals surface area contributed by atoms with Crippen LogP contribution < -0.4 is 4.72 Å². The summed E-state index contributed by atoms with van der Waals surface area (Å²) in [6.45, 7) is 5.47. The van der Waals surface area contributed by atoms with Gasteiger partial charge in [0.1, 0.15) is 4.90 Å². The van der Waals surface area contributed by atoms with Crippen molar-refractivity contribution in [1.29, 1.82) is 0 Å². The Labute approximate surface area is 120 Å². The molecule has 0 saturated heterocycles. The lowest BCUT2D eigenvalue weighted by molar-refractivity contribution is -0.00752. The average Bonchev–Trinajstić information content (AvgIpc) is 2.67. The molecule has 2 unspecified atom stereocenters. The Morgan fingerprint density at radius 2 is 2.20 bits per heavy atom. The normalized spacial score (nSPS) is 27.7. The van der Waals surface area contributed by atoms with E-state index in [1.54, 1.807) is 13.8 Å². The van der Waals surface area contributed by atoms with Gasteiger partial charge in [-0.3, -0.25) is 5.10 Å². The first-order valence-electron chi connectivity index (χ1n) is 6.97. The maximum atomic E-state index is 12.3. The molecule has 7 heteroatoms. The van der Waals surface area contributed by atoms with Gasteiger partial charge >= 0.3 is 0 Å². The molecule has 2 atom stereocenters. The first-order chi connectivity index (χ1) is 9.23. The SMILES string of the molecule is Cc1n[nH]c(C)c1S(=O)(=O)NCC1(O)CCCC(C)C1. The molecule has 0 amide bonds. The van der Waals surface area contributed by atoms with Gasteiger partial charge in [0.2, 0.25) is 10.0 Å². The van der Waals surface area contributed by atoms with Crippen molar-refractivity contribution in [2.24, 2.45) is 5.92 Å². The van der Waals surface area contributed by atoms with Gasteiger partial charge in [-0.25, -0.2) is 13.1 Å². The van der Waals surface area contributed by atoms with E-state index in [4.69, 9.17) is 0 Å². The minimum Gasteiger partial charge on any atom is -0.389 e. The quantitative estimate of drug-likeness (QED) is 0.780. The van der Waals surface area contributed by atoms with E-state index in [2.05, 4.69) is 21.8 Å². The molecule has 0 spiro atoms. The van der Waals surface area contributed by atoms with E-state index >= 15 is 0 Å². The predicted octanol–water partition coefficient (Wildman–Crippen LogP) is 1.25. The molecule has 2 rings (SSSR count).